The molecule has 0 atom stereocenters. The van der Waals surface area contributed by atoms with E-state index in [2.05, 4.69) is 28.1 Å². The fourth-order valence-electron chi connectivity index (χ4n) is 3.46. The van der Waals surface area contributed by atoms with Crippen molar-refractivity contribution in [2.45, 2.75) is 26.3 Å². The maximum atomic E-state index is 11.6. The number of carbonyl (C=O) groups excluding carboxylic acids is 1. The summed E-state index contributed by atoms with van der Waals surface area (Å²) >= 11 is 0. The van der Waals surface area contributed by atoms with Gasteiger partial charge in [-0.05, 0) is 30.2 Å². The van der Waals surface area contributed by atoms with Crippen LogP contribution in [0.2, 0.25) is 0 Å². The molecule has 1 aromatic carbocycles. The van der Waals surface area contributed by atoms with Crippen LogP contribution < -0.4 is 4.74 Å². The molecular formula is C21H27N3O2. The van der Waals surface area contributed by atoms with Gasteiger partial charge in [0.05, 0.1) is 7.11 Å². The number of aromatic nitrogens is 1. The van der Waals surface area contributed by atoms with E-state index in [0.29, 0.717) is 0 Å². The van der Waals surface area contributed by atoms with Gasteiger partial charge in [-0.15, -0.1) is 0 Å². The van der Waals surface area contributed by atoms with E-state index >= 15 is 0 Å². The van der Waals surface area contributed by atoms with Gasteiger partial charge >= 0.3 is 0 Å². The fourth-order valence-corrected chi connectivity index (χ4v) is 3.46. The largest absolute Gasteiger partial charge is 0.496 e. The number of ether oxygens (including phenoxy) is 1. The first-order valence-electron chi connectivity index (χ1n) is 9.19. The van der Waals surface area contributed by atoms with Crippen LogP contribution >= 0.6 is 0 Å². The second kappa shape index (κ2) is 8.81. The van der Waals surface area contributed by atoms with Crippen LogP contribution in [0.15, 0.2) is 42.6 Å². The molecule has 1 amide bonds. The number of nitrogens with zero attached hydrogens (tertiary/aromatic N) is 3. The van der Waals surface area contributed by atoms with Crippen molar-refractivity contribution in [2.24, 2.45) is 0 Å². The molecule has 0 radical (unpaired) electrons. The minimum atomic E-state index is 0.168. The summed E-state index contributed by atoms with van der Waals surface area (Å²) in [7, 11) is 1.72. The van der Waals surface area contributed by atoms with Crippen molar-refractivity contribution >= 4 is 5.91 Å². The van der Waals surface area contributed by atoms with Gasteiger partial charge in [0.25, 0.3) is 0 Å². The molecule has 26 heavy (non-hydrogen) atoms. The summed E-state index contributed by atoms with van der Waals surface area (Å²) in [4.78, 5) is 20.4. The second-order valence-electron chi connectivity index (χ2n) is 6.78. The highest BCUT2D eigenvalue weighted by Crippen LogP contribution is 2.23. The van der Waals surface area contributed by atoms with Gasteiger partial charge in [-0.1, -0.05) is 18.2 Å². The standard InChI is InChI=1S/C21H27N3O2/c1-17(25)24-11-5-10-23(12-13-24)16-19-14-18(7-8-21(19)26-2)15-20-6-3-4-9-22-20/h3-4,6-9,14H,5,10-13,15-16H2,1-2H3. The van der Waals surface area contributed by atoms with E-state index in [0.717, 1.165) is 57.0 Å². The molecule has 0 N–H and O–H groups in total. The normalized spacial score (nSPS) is 15.5. The van der Waals surface area contributed by atoms with E-state index in [9.17, 15) is 4.79 Å². The molecule has 5 heteroatoms. The zero-order valence-electron chi connectivity index (χ0n) is 15.6. The topological polar surface area (TPSA) is 45.7 Å². The maximum Gasteiger partial charge on any atom is 0.219 e. The molecule has 3 rings (SSSR count). The summed E-state index contributed by atoms with van der Waals surface area (Å²) < 4.78 is 5.58. The predicted octanol–water partition coefficient (Wildman–Crippen LogP) is 2.74. The Labute approximate surface area is 155 Å². The molecule has 5 nitrogen and oxygen atoms in total. The summed E-state index contributed by atoms with van der Waals surface area (Å²) in [5.41, 5.74) is 3.49. The molecule has 2 heterocycles. The predicted molar refractivity (Wildman–Crippen MR) is 102 cm³/mol. The quantitative estimate of drug-likeness (QED) is 0.829. The Hall–Kier alpha value is -2.40. The van der Waals surface area contributed by atoms with Crippen LogP contribution in [-0.4, -0.2) is 54.0 Å². The van der Waals surface area contributed by atoms with Crippen LogP contribution in [0.5, 0.6) is 5.75 Å². The van der Waals surface area contributed by atoms with Gasteiger partial charge in [-0.2, -0.15) is 0 Å². The minimum absolute atomic E-state index is 0.168. The third kappa shape index (κ3) is 4.82. The first-order chi connectivity index (χ1) is 12.7. The van der Waals surface area contributed by atoms with Crippen molar-refractivity contribution in [3.63, 3.8) is 0 Å². The van der Waals surface area contributed by atoms with Crippen LogP contribution in [0, 0.1) is 0 Å². The first-order valence-corrected chi connectivity index (χ1v) is 9.19. The zero-order chi connectivity index (χ0) is 18.4. The Morgan fingerprint density at radius 3 is 2.77 bits per heavy atom. The number of benzene rings is 1. The van der Waals surface area contributed by atoms with Crippen molar-refractivity contribution < 1.29 is 9.53 Å². The smallest absolute Gasteiger partial charge is 0.219 e. The molecule has 0 aliphatic carbocycles. The van der Waals surface area contributed by atoms with Crippen molar-refractivity contribution in [2.75, 3.05) is 33.3 Å². The van der Waals surface area contributed by atoms with Crippen LogP contribution in [0.25, 0.3) is 0 Å². The van der Waals surface area contributed by atoms with Crippen molar-refractivity contribution in [1.82, 2.24) is 14.8 Å². The fraction of sp³-hybridized carbons (Fsp3) is 0.429. The maximum absolute atomic E-state index is 11.6. The van der Waals surface area contributed by atoms with E-state index in [4.69, 9.17) is 4.74 Å². The molecule has 1 aliphatic heterocycles. The number of methoxy groups -OCH3 is 1. The average Bonchev–Trinajstić information content (AvgIpc) is 2.89. The lowest BCUT2D eigenvalue weighted by molar-refractivity contribution is -0.128. The molecule has 0 spiro atoms. The number of amides is 1. The van der Waals surface area contributed by atoms with Crippen LogP contribution in [0.3, 0.4) is 0 Å². The van der Waals surface area contributed by atoms with E-state index in [1.807, 2.05) is 29.3 Å². The van der Waals surface area contributed by atoms with Gasteiger partial charge in [-0.3, -0.25) is 14.7 Å². The van der Waals surface area contributed by atoms with Gasteiger partial charge in [0.15, 0.2) is 0 Å². The monoisotopic (exact) mass is 353 g/mol. The number of hydrogen-bond donors (Lipinski definition) is 0. The SMILES string of the molecule is COc1ccc(Cc2ccccn2)cc1CN1CCCN(C(C)=O)CC1. The van der Waals surface area contributed by atoms with Crippen molar-refractivity contribution in [3.8, 4) is 5.75 Å². The third-order valence-corrected chi connectivity index (χ3v) is 4.88. The van der Waals surface area contributed by atoms with Gasteiger partial charge < -0.3 is 9.64 Å². The van der Waals surface area contributed by atoms with E-state index in [-0.39, 0.29) is 5.91 Å². The molecule has 0 unspecified atom stereocenters. The minimum Gasteiger partial charge on any atom is -0.496 e. The Bertz CT molecular complexity index is 733. The van der Waals surface area contributed by atoms with Crippen LogP contribution in [0.4, 0.5) is 0 Å². The molecule has 1 aliphatic rings. The summed E-state index contributed by atoms with van der Waals surface area (Å²) in [5, 5.41) is 0. The Morgan fingerprint density at radius 1 is 1.15 bits per heavy atom. The number of rotatable bonds is 5. The summed E-state index contributed by atoms with van der Waals surface area (Å²) in [6, 6.07) is 12.4. The molecule has 1 saturated heterocycles. The first kappa shape index (κ1) is 18.4. The number of hydrogen-bond acceptors (Lipinski definition) is 4. The lowest BCUT2D eigenvalue weighted by Gasteiger charge is -2.22. The van der Waals surface area contributed by atoms with Gasteiger partial charge in [0.2, 0.25) is 5.91 Å². The molecule has 0 bridgehead atoms. The number of carbonyl (C=O) groups is 1. The van der Waals surface area contributed by atoms with Crippen molar-refractivity contribution in [1.29, 1.82) is 0 Å². The zero-order valence-corrected chi connectivity index (χ0v) is 15.6. The molecule has 138 valence electrons. The number of pyridine rings is 1. The Kier molecular flexibility index (Phi) is 6.23. The highest BCUT2D eigenvalue weighted by Gasteiger charge is 2.18. The lowest BCUT2D eigenvalue weighted by atomic mass is 10.0. The molecule has 1 aromatic heterocycles. The summed E-state index contributed by atoms with van der Waals surface area (Å²) in [5.74, 6) is 1.09. The van der Waals surface area contributed by atoms with Crippen LogP contribution in [0.1, 0.15) is 30.2 Å². The summed E-state index contributed by atoms with van der Waals surface area (Å²) in [6.45, 7) is 6.03. The average molecular weight is 353 g/mol. The van der Waals surface area contributed by atoms with Gasteiger partial charge in [0, 0.05) is 63.5 Å². The van der Waals surface area contributed by atoms with Crippen LogP contribution in [-0.2, 0) is 17.8 Å². The van der Waals surface area contributed by atoms with Gasteiger partial charge in [0.1, 0.15) is 5.75 Å². The highest BCUT2D eigenvalue weighted by molar-refractivity contribution is 5.73. The Morgan fingerprint density at radius 2 is 2.04 bits per heavy atom. The molecule has 2 aromatic rings. The lowest BCUT2D eigenvalue weighted by Crippen LogP contribution is -2.33. The highest BCUT2D eigenvalue weighted by atomic mass is 16.5. The van der Waals surface area contributed by atoms with E-state index < -0.39 is 0 Å². The third-order valence-electron chi connectivity index (χ3n) is 4.88. The summed E-state index contributed by atoms with van der Waals surface area (Å²) in [6.07, 6.45) is 3.66. The van der Waals surface area contributed by atoms with Crippen molar-refractivity contribution in [3.05, 3.63) is 59.4 Å². The molecular weight excluding hydrogens is 326 g/mol. The van der Waals surface area contributed by atoms with Gasteiger partial charge in [-0.25, -0.2) is 0 Å². The second-order valence-corrected chi connectivity index (χ2v) is 6.78. The van der Waals surface area contributed by atoms with E-state index in [1.165, 1.54) is 11.1 Å². The van der Waals surface area contributed by atoms with E-state index in [1.54, 1.807) is 14.0 Å². The molecule has 1 fully saturated rings. The molecule has 0 saturated carbocycles. The Balaban J connectivity index is 1.71.